The number of unbranched alkanes of at least 4 members (excludes halogenated alkanes) is 9. The van der Waals surface area contributed by atoms with Crippen LogP contribution in [0, 0.1) is 0 Å². The van der Waals surface area contributed by atoms with Crippen molar-refractivity contribution >= 4 is 11.7 Å². The molecule has 1 rings (SSSR count). The maximum Gasteiger partial charge on any atom is 0.323 e. The number of carbonyl (C=O) groups is 1. The van der Waals surface area contributed by atoms with Crippen LogP contribution in [-0.4, -0.2) is 36.2 Å². The Morgan fingerprint density at radius 2 is 1.52 bits per heavy atom. The number of anilines is 1. The van der Waals surface area contributed by atoms with Gasteiger partial charge in [0, 0.05) is 25.3 Å². The maximum atomic E-state index is 12.0. The Kier molecular flexibility index (Phi) is 14.3. The lowest BCUT2D eigenvalue weighted by Crippen LogP contribution is -2.51. The minimum absolute atomic E-state index is 0.673. The molecule has 2 N–H and O–H groups in total. The van der Waals surface area contributed by atoms with Gasteiger partial charge in [-0.2, -0.15) is 0 Å². The van der Waals surface area contributed by atoms with Gasteiger partial charge in [-0.25, -0.2) is 0 Å². The molecular formula is C27H48N2O2. The van der Waals surface area contributed by atoms with Gasteiger partial charge in [-0.3, -0.25) is 4.79 Å². The van der Waals surface area contributed by atoms with Crippen molar-refractivity contribution in [1.82, 2.24) is 5.32 Å². The third kappa shape index (κ3) is 10.5. The summed E-state index contributed by atoms with van der Waals surface area (Å²) >= 11 is 0. The van der Waals surface area contributed by atoms with Gasteiger partial charge in [-0.1, -0.05) is 96.3 Å². The molecular weight excluding hydrogens is 384 g/mol. The van der Waals surface area contributed by atoms with Crippen molar-refractivity contribution in [1.29, 1.82) is 0 Å². The second-order valence-electron chi connectivity index (χ2n) is 9.06. The number of aryl methyl sites for hydroxylation is 1. The van der Waals surface area contributed by atoms with Gasteiger partial charge in [0.15, 0.2) is 0 Å². The average molecular weight is 433 g/mol. The van der Waals surface area contributed by atoms with Gasteiger partial charge >= 0.3 is 5.97 Å². The minimum atomic E-state index is -0.843. The Labute approximate surface area is 191 Å². The van der Waals surface area contributed by atoms with Crippen LogP contribution in [0.3, 0.4) is 0 Å². The highest BCUT2D eigenvalue weighted by atomic mass is 16.4. The largest absolute Gasteiger partial charge is 0.480 e. The number of benzene rings is 1. The molecule has 1 atom stereocenters. The summed E-state index contributed by atoms with van der Waals surface area (Å²) in [5.41, 5.74) is 1.76. The summed E-state index contributed by atoms with van der Waals surface area (Å²) in [5.74, 6) is -0.736. The van der Waals surface area contributed by atoms with Crippen LogP contribution in [0.2, 0.25) is 0 Å². The highest BCUT2D eigenvalue weighted by molar-refractivity contribution is 5.78. The third-order valence-corrected chi connectivity index (χ3v) is 6.49. The molecule has 178 valence electrons. The number of rotatable bonds is 19. The lowest BCUT2D eigenvalue weighted by Gasteiger charge is -2.30. The van der Waals surface area contributed by atoms with Crippen LogP contribution in [0.25, 0.3) is 0 Å². The van der Waals surface area contributed by atoms with Gasteiger partial charge in [-0.05, 0) is 38.3 Å². The van der Waals surface area contributed by atoms with E-state index in [2.05, 4.69) is 55.3 Å². The van der Waals surface area contributed by atoms with E-state index in [9.17, 15) is 9.90 Å². The van der Waals surface area contributed by atoms with Gasteiger partial charge in [0.25, 0.3) is 0 Å². The molecule has 4 heteroatoms. The molecule has 0 heterocycles. The maximum absolute atomic E-state index is 12.0. The van der Waals surface area contributed by atoms with Gasteiger partial charge in [0.05, 0.1) is 0 Å². The number of carboxylic acid groups (broad SMARTS) is 1. The van der Waals surface area contributed by atoms with Gasteiger partial charge < -0.3 is 15.3 Å². The predicted molar refractivity (Wildman–Crippen MR) is 134 cm³/mol. The molecule has 0 bridgehead atoms. The number of nitrogens with zero attached hydrogens (tertiary/aromatic N) is 1. The van der Waals surface area contributed by atoms with E-state index in [0.29, 0.717) is 13.0 Å². The number of hydrogen-bond donors (Lipinski definition) is 2. The summed E-state index contributed by atoms with van der Waals surface area (Å²) in [6, 6.07) is 8.51. The van der Waals surface area contributed by atoms with Crippen LogP contribution in [-0.2, 0) is 11.2 Å². The Morgan fingerprint density at radius 3 is 2.06 bits per heavy atom. The molecule has 4 nitrogen and oxygen atoms in total. The molecule has 0 aliphatic rings. The number of hydrogen-bond acceptors (Lipinski definition) is 3. The third-order valence-electron chi connectivity index (χ3n) is 6.49. The van der Waals surface area contributed by atoms with Crippen LogP contribution in [0.15, 0.2) is 24.3 Å². The number of carboxylic acids is 1. The number of likely N-dealkylation sites (N-methyl/N-ethyl adjacent to an activating group) is 1. The zero-order valence-electron chi connectivity index (χ0n) is 20.7. The van der Waals surface area contributed by atoms with E-state index < -0.39 is 11.5 Å². The molecule has 0 aliphatic carbocycles. The molecule has 0 amide bonds. The molecule has 31 heavy (non-hydrogen) atoms. The van der Waals surface area contributed by atoms with Crippen LogP contribution in [0.1, 0.15) is 104 Å². The highest BCUT2D eigenvalue weighted by Gasteiger charge is 2.31. The minimum Gasteiger partial charge on any atom is -0.480 e. The van der Waals surface area contributed by atoms with Crippen LogP contribution < -0.4 is 10.2 Å². The molecule has 0 saturated heterocycles. The molecule has 0 spiro atoms. The first-order valence-electron chi connectivity index (χ1n) is 12.8. The van der Waals surface area contributed by atoms with Gasteiger partial charge in [0.1, 0.15) is 5.54 Å². The summed E-state index contributed by atoms with van der Waals surface area (Å²) in [6.45, 7) is 10.8. The molecule has 0 aliphatic heterocycles. The second kappa shape index (κ2) is 16.1. The van der Waals surface area contributed by atoms with Crippen molar-refractivity contribution in [3.8, 4) is 0 Å². The Balaban J connectivity index is 2.36. The van der Waals surface area contributed by atoms with Crippen molar-refractivity contribution in [3.05, 3.63) is 29.8 Å². The summed E-state index contributed by atoms with van der Waals surface area (Å²) < 4.78 is 0. The smallest absolute Gasteiger partial charge is 0.323 e. The fourth-order valence-electron chi connectivity index (χ4n) is 4.27. The Bertz CT molecular complexity index is 605. The molecule has 1 aromatic carbocycles. The SMILES string of the molecule is CCCCCCCCCCCCC(C)(NCCN(CC)c1ccccc1CC)C(=O)O. The molecule has 0 saturated carbocycles. The van der Waals surface area contributed by atoms with Crippen LogP contribution >= 0.6 is 0 Å². The van der Waals surface area contributed by atoms with E-state index in [1.54, 1.807) is 0 Å². The summed E-state index contributed by atoms with van der Waals surface area (Å²) in [6.07, 6.45) is 14.4. The van der Waals surface area contributed by atoms with Gasteiger partial charge in [-0.15, -0.1) is 0 Å². The fourth-order valence-corrected chi connectivity index (χ4v) is 4.27. The van der Waals surface area contributed by atoms with Crippen molar-refractivity contribution in [3.63, 3.8) is 0 Å². The standard InChI is InChI=1S/C27H48N2O2/c1-5-8-9-10-11-12-13-14-15-18-21-27(4,26(30)31)28-22-23-29(7-3)25-20-17-16-19-24(25)6-2/h16-17,19-20,28H,5-15,18,21-23H2,1-4H3,(H,30,31). The lowest BCUT2D eigenvalue weighted by atomic mass is 9.93. The molecule has 0 fully saturated rings. The van der Waals surface area contributed by atoms with E-state index in [1.165, 1.54) is 62.6 Å². The Hall–Kier alpha value is -1.55. The predicted octanol–water partition coefficient (Wildman–Crippen LogP) is 6.82. The van der Waals surface area contributed by atoms with E-state index in [0.717, 1.165) is 32.4 Å². The number of aliphatic carboxylic acids is 1. The normalized spacial score (nSPS) is 13.2. The first-order chi connectivity index (χ1) is 15.0. The number of para-hydroxylation sites is 1. The topological polar surface area (TPSA) is 52.6 Å². The van der Waals surface area contributed by atoms with Crippen LogP contribution in [0.4, 0.5) is 5.69 Å². The zero-order valence-corrected chi connectivity index (χ0v) is 20.7. The molecule has 0 aromatic heterocycles. The highest BCUT2D eigenvalue weighted by Crippen LogP contribution is 2.21. The summed E-state index contributed by atoms with van der Waals surface area (Å²) in [5, 5.41) is 13.2. The van der Waals surface area contributed by atoms with E-state index in [-0.39, 0.29) is 0 Å². The molecule has 0 radical (unpaired) electrons. The first-order valence-corrected chi connectivity index (χ1v) is 12.8. The van der Waals surface area contributed by atoms with Crippen molar-refractivity contribution in [2.45, 2.75) is 110 Å². The molecule has 1 aromatic rings. The van der Waals surface area contributed by atoms with E-state index >= 15 is 0 Å². The van der Waals surface area contributed by atoms with Crippen molar-refractivity contribution in [2.75, 3.05) is 24.5 Å². The monoisotopic (exact) mass is 432 g/mol. The Morgan fingerprint density at radius 1 is 0.935 bits per heavy atom. The van der Waals surface area contributed by atoms with E-state index in [4.69, 9.17) is 0 Å². The van der Waals surface area contributed by atoms with E-state index in [1.807, 2.05) is 6.92 Å². The molecule has 1 unspecified atom stereocenters. The van der Waals surface area contributed by atoms with Crippen molar-refractivity contribution < 1.29 is 9.90 Å². The second-order valence-corrected chi connectivity index (χ2v) is 9.06. The summed E-state index contributed by atoms with van der Waals surface area (Å²) in [7, 11) is 0. The number of nitrogens with one attached hydrogen (secondary N) is 1. The summed E-state index contributed by atoms with van der Waals surface area (Å²) in [4.78, 5) is 14.3. The quantitative estimate of drug-likeness (QED) is 0.236. The average Bonchev–Trinajstić information content (AvgIpc) is 2.78. The first kappa shape index (κ1) is 27.5. The zero-order chi connectivity index (χ0) is 23.0. The van der Waals surface area contributed by atoms with Crippen LogP contribution in [0.5, 0.6) is 0 Å². The fraction of sp³-hybridized carbons (Fsp3) is 0.741. The van der Waals surface area contributed by atoms with Crippen molar-refractivity contribution in [2.24, 2.45) is 0 Å². The lowest BCUT2D eigenvalue weighted by molar-refractivity contribution is -0.144. The van der Waals surface area contributed by atoms with Gasteiger partial charge in [0.2, 0.25) is 0 Å².